The highest BCUT2D eigenvalue weighted by Crippen LogP contribution is 2.19. The van der Waals surface area contributed by atoms with Gasteiger partial charge in [0, 0.05) is 30.5 Å². The lowest BCUT2D eigenvalue weighted by atomic mass is 10.2. The van der Waals surface area contributed by atoms with E-state index in [9.17, 15) is 9.59 Å². The van der Waals surface area contributed by atoms with Gasteiger partial charge in [0.1, 0.15) is 17.5 Å². The monoisotopic (exact) mass is 535 g/mol. The molecule has 0 bridgehead atoms. The Balaban J connectivity index is 1.64. The van der Waals surface area contributed by atoms with Gasteiger partial charge in [0.25, 0.3) is 0 Å². The van der Waals surface area contributed by atoms with Crippen molar-refractivity contribution < 1.29 is 19.1 Å². The van der Waals surface area contributed by atoms with Gasteiger partial charge in [0.05, 0.1) is 12.2 Å². The van der Waals surface area contributed by atoms with Crippen molar-refractivity contribution in [2.45, 2.75) is 65.8 Å². The molecular formula is C28H37N7O4. The minimum Gasteiger partial charge on any atom is -0.459 e. The van der Waals surface area contributed by atoms with Crippen LogP contribution in [0.3, 0.4) is 0 Å². The van der Waals surface area contributed by atoms with Crippen LogP contribution in [0.25, 0.3) is 11.4 Å². The largest absolute Gasteiger partial charge is 0.459 e. The summed E-state index contributed by atoms with van der Waals surface area (Å²) >= 11 is 0. The number of aromatic nitrogens is 4. The highest BCUT2D eigenvalue weighted by atomic mass is 16.6. The van der Waals surface area contributed by atoms with Crippen molar-refractivity contribution in [3.05, 3.63) is 60.2 Å². The van der Waals surface area contributed by atoms with Crippen LogP contribution in [-0.4, -0.2) is 61.7 Å². The van der Waals surface area contributed by atoms with E-state index in [0.29, 0.717) is 24.9 Å². The Hall–Kier alpha value is -4.12. The summed E-state index contributed by atoms with van der Waals surface area (Å²) in [5, 5.41) is 5.94. The molecule has 0 saturated heterocycles. The van der Waals surface area contributed by atoms with Gasteiger partial charge in [-0.25, -0.2) is 14.8 Å². The van der Waals surface area contributed by atoms with Crippen LogP contribution in [0.1, 0.15) is 52.8 Å². The Morgan fingerprint density at radius 2 is 1.69 bits per heavy atom. The number of anilines is 2. The molecule has 3 aromatic rings. The number of benzene rings is 1. The van der Waals surface area contributed by atoms with Crippen LogP contribution in [0, 0.1) is 0 Å². The van der Waals surface area contributed by atoms with Gasteiger partial charge in [-0.1, -0.05) is 12.1 Å². The molecule has 2 heterocycles. The van der Waals surface area contributed by atoms with Crippen LogP contribution in [0.15, 0.2) is 48.9 Å². The second kappa shape index (κ2) is 12.6. The number of alkyl carbamates (subject to hydrolysis) is 1. The van der Waals surface area contributed by atoms with Gasteiger partial charge in [-0.3, -0.25) is 14.7 Å². The van der Waals surface area contributed by atoms with Crippen LogP contribution >= 0.6 is 0 Å². The van der Waals surface area contributed by atoms with Gasteiger partial charge in [0.15, 0.2) is 5.82 Å². The summed E-state index contributed by atoms with van der Waals surface area (Å²) < 4.78 is 10.7. The van der Waals surface area contributed by atoms with Gasteiger partial charge in [-0.05, 0) is 78.4 Å². The number of hydrogen-bond donors (Lipinski definition) is 2. The first-order chi connectivity index (χ1) is 18.3. The Labute approximate surface area is 229 Å². The Morgan fingerprint density at radius 1 is 0.949 bits per heavy atom. The number of likely N-dealkylation sites (N-methyl/N-ethyl adjacent to an activating group) is 1. The van der Waals surface area contributed by atoms with Crippen molar-refractivity contribution in [3.63, 3.8) is 0 Å². The summed E-state index contributed by atoms with van der Waals surface area (Å²) in [6, 6.07) is 11.3. The Morgan fingerprint density at radius 3 is 2.41 bits per heavy atom. The zero-order valence-electron chi connectivity index (χ0n) is 23.6. The maximum Gasteiger partial charge on any atom is 0.407 e. The summed E-state index contributed by atoms with van der Waals surface area (Å²) in [5.41, 5.74) is 2.09. The summed E-state index contributed by atoms with van der Waals surface area (Å²) in [6.07, 6.45) is 2.65. The number of pyridine rings is 1. The minimum atomic E-state index is -0.560. The van der Waals surface area contributed by atoms with Gasteiger partial charge < -0.3 is 20.1 Å². The van der Waals surface area contributed by atoms with E-state index in [-0.39, 0.29) is 12.5 Å². The second-order valence-corrected chi connectivity index (χ2v) is 11.1. The van der Waals surface area contributed by atoms with Crippen molar-refractivity contribution in [3.8, 4) is 11.4 Å². The lowest BCUT2D eigenvalue weighted by Gasteiger charge is -2.22. The Bertz CT molecular complexity index is 1290. The number of esters is 1. The fourth-order valence-electron chi connectivity index (χ4n) is 3.50. The van der Waals surface area contributed by atoms with Crippen LogP contribution in [0.5, 0.6) is 0 Å². The van der Waals surface area contributed by atoms with E-state index in [4.69, 9.17) is 9.47 Å². The van der Waals surface area contributed by atoms with Crippen LogP contribution in [-0.2, 0) is 27.4 Å². The van der Waals surface area contributed by atoms with Crippen LogP contribution < -0.4 is 10.6 Å². The second-order valence-electron chi connectivity index (χ2n) is 11.1. The molecule has 0 aliphatic rings. The molecule has 11 nitrogen and oxygen atoms in total. The molecule has 0 aliphatic heterocycles. The van der Waals surface area contributed by atoms with Gasteiger partial charge in [0.2, 0.25) is 5.95 Å². The molecule has 0 spiro atoms. The lowest BCUT2D eigenvalue weighted by molar-refractivity contribution is -0.155. The zero-order chi connectivity index (χ0) is 28.6. The fourth-order valence-corrected chi connectivity index (χ4v) is 3.50. The summed E-state index contributed by atoms with van der Waals surface area (Å²) in [6.45, 7) is 11.9. The molecule has 2 N–H and O–H groups in total. The number of rotatable bonds is 9. The first kappa shape index (κ1) is 29.4. The number of amides is 1. The van der Waals surface area contributed by atoms with E-state index in [1.54, 1.807) is 6.20 Å². The SMILES string of the molecule is CN(CC(=O)OC(C)(C)C)Cc1cc(-c2ncnc(Nc3cccc(CNC(=O)OC(C)(C)C)c3)n2)ccn1. The lowest BCUT2D eigenvalue weighted by Crippen LogP contribution is -2.32. The third-order valence-electron chi connectivity index (χ3n) is 4.92. The third-order valence-corrected chi connectivity index (χ3v) is 4.92. The zero-order valence-corrected chi connectivity index (χ0v) is 23.6. The number of carbonyl (C=O) groups is 2. The summed E-state index contributed by atoms with van der Waals surface area (Å²) in [5.74, 6) is 0.561. The van der Waals surface area contributed by atoms with Gasteiger partial charge in [-0.15, -0.1) is 0 Å². The number of nitrogens with zero attached hydrogens (tertiary/aromatic N) is 5. The Kier molecular flexibility index (Phi) is 9.52. The van der Waals surface area contributed by atoms with Crippen LogP contribution in [0.4, 0.5) is 16.4 Å². The van der Waals surface area contributed by atoms with Crippen molar-refractivity contribution >= 4 is 23.7 Å². The molecule has 208 valence electrons. The first-order valence-corrected chi connectivity index (χ1v) is 12.6. The molecule has 0 atom stereocenters. The van der Waals surface area contributed by atoms with E-state index in [1.165, 1.54) is 6.33 Å². The molecule has 1 amide bonds. The van der Waals surface area contributed by atoms with Crippen LogP contribution in [0.2, 0.25) is 0 Å². The topological polar surface area (TPSA) is 131 Å². The summed E-state index contributed by atoms with van der Waals surface area (Å²) in [4.78, 5) is 43.4. The number of ether oxygens (including phenoxy) is 2. The molecule has 0 aliphatic carbocycles. The number of carbonyl (C=O) groups excluding carboxylic acids is 2. The maximum absolute atomic E-state index is 12.1. The minimum absolute atomic E-state index is 0.148. The van der Waals surface area contributed by atoms with Gasteiger partial charge in [-0.2, -0.15) is 4.98 Å². The van der Waals surface area contributed by atoms with E-state index in [1.807, 2.05) is 89.9 Å². The smallest absolute Gasteiger partial charge is 0.407 e. The molecule has 0 fully saturated rings. The summed E-state index contributed by atoms with van der Waals surface area (Å²) in [7, 11) is 1.83. The number of hydrogen-bond acceptors (Lipinski definition) is 10. The fraction of sp³-hybridized carbons (Fsp3) is 0.429. The van der Waals surface area contributed by atoms with Crippen molar-refractivity contribution in [2.24, 2.45) is 0 Å². The standard InChI is InChI=1S/C28H37N7O4/c1-27(2,3)38-23(36)17-35(7)16-22-14-20(11-12-29-22)24-31-18-32-25(34-24)33-21-10-8-9-19(13-21)15-30-26(37)39-28(4,5)6/h8-14,18H,15-17H2,1-7H3,(H,30,37)(H,31,32,33,34). The average molecular weight is 536 g/mol. The maximum atomic E-state index is 12.1. The van der Waals surface area contributed by atoms with E-state index < -0.39 is 17.3 Å². The van der Waals surface area contributed by atoms with Crippen molar-refractivity contribution in [1.29, 1.82) is 0 Å². The highest BCUT2D eigenvalue weighted by molar-refractivity contribution is 5.72. The first-order valence-electron chi connectivity index (χ1n) is 12.6. The predicted molar refractivity (Wildman–Crippen MR) is 148 cm³/mol. The third kappa shape index (κ3) is 10.6. The molecule has 3 rings (SSSR count). The van der Waals surface area contributed by atoms with E-state index in [2.05, 4.69) is 30.6 Å². The molecule has 0 radical (unpaired) electrons. The van der Waals surface area contributed by atoms with E-state index in [0.717, 1.165) is 22.5 Å². The average Bonchev–Trinajstić information content (AvgIpc) is 2.81. The predicted octanol–water partition coefficient (Wildman–Crippen LogP) is 4.48. The van der Waals surface area contributed by atoms with Gasteiger partial charge >= 0.3 is 12.1 Å². The van der Waals surface area contributed by atoms with E-state index >= 15 is 0 Å². The molecule has 0 unspecified atom stereocenters. The molecule has 2 aromatic heterocycles. The molecule has 11 heteroatoms. The highest BCUT2D eigenvalue weighted by Gasteiger charge is 2.18. The molecule has 0 saturated carbocycles. The van der Waals surface area contributed by atoms with Crippen molar-refractivity contribution in [1.82, 2.24) is 30.2 Å². The van der Waals surface area contributed by atoms with Crippen molar-refractivity contribution in [2.75, 3.05) is 18.9 Å². The molecule has 39 heavy (non-hydrogen) atoms. The number of nitrogens with one attached hydrogen (secondary N) is 2. The molecule has 1 aromatic carbocycles. The quantitative estimate of drug-likeness (QED) is 0.378. The molecular weight excluding hydrogens is 498 g/mol. The normalized spacial score (nSPS) is 11.7.